The van der Waals surface area contributed by atoms with Crippen molar-refractivity contribution < 1.29 is 14.7 Å². The highest BCUT2D eigenvalue weighted by atomic mass is 16.4. The van der Waals surface area contributed by atoms with Crippen LogP contribution in [-0.2, 0) is 4.79 Å². The molecule has 92 valence electrons. The summed E-state index contributed by atoms with van der Waals surface area (Å²) in [6.07, 6.45) is 1.60. The Morgan fingerprint density at radius 3 is 2.82 bits per heavy atom. The number of hydrogen-bond acceptors (Lipinski definition) is 3. The first-order chi connectivity index (χ1) is 8.00. The Balaban J connectivity index is 2.51. The van der Waals surface area contributed by atoms with E-state index in [2.05, 4.69) is 10.3 Å². The summed E-state index contributed by atoms with van der Waals surface area (Å²) in [7, 11) is 0. The van der Waals surface area contributed by atoms with Crippen molar-refractivity contribution in [3.63, 3.8) is 0 Å². The number of aromatic nitrogens is 1. The molecule has 1 rings (SSSR count). The number of carbonyl (C=O) groups excluding carboxylic acids is 1. The first-order valence-corrected chi connectivity index (χ1v) is 5.42. The van der Waals surface area contributed by atoms with Crippen LogP contribution in [0.3, 0.4) is 0 Å². The molecule has 0 aliphatic rings. The van der Waals surface area contributed by atoms with E-state index in [0.29, 0.717) is 12.2 Å². The van der Waals surface area contributed by atoms with Gasteiger partial charge in [-0.25, -0.2) is 0 Å². The fourth-order valence-electron chi connectivity index (χ4n) is 1.44. The molecular weight excluding hydrogens is 220 g/mol. The molecule has 0 bridgehead atoms. The van der Waals surface area contributed by atoms with Crippen LogP contribution >= 0.6 is 0 Å². The second kappa shape index (κ2) is 5.98. The summed E-state index contributed by atoms with van der Waals surface area (Å²) in [6, 6.07) is 3.57. The van der Waals surface area contributed by atoms with Crippen molar-refractivity contribution in [3.8, 4) is 0 Å². The first-order valence-electron chi connectivity index (χ1n) is 5.42. The highest BCUT2D eigenvalue weighted by Crippen LogP contribution is 2.04. The Bertz CT molecular complexity index is 418. The van der Waals surface area contributed by atoms with Gasteiger partial charge in [0.05, 0.1) is 0 Å². The smallest absolute Gasteiger partial charge is 0.303 e. The van der Waals surface area contributed by atoms with Crippen molar-refractivity contribution >= 4 is 11.9 Å². The maximum Gasteiger partial charge on any atom is 0.303 e. The zero-order valence-electron chi connectivity index (χ0n) is 9.93. The number of hydrogen-bond donors (Lipinski definition) is 2. The standard InChI is InChI=1S/C12H16N2O3/c1-8(6-10(15)16)7-14-12(17)11-9(2)4-3-5-13-11/h3-5,8H,6-7H2,1-2H3,(H,14,17)(H,15,16). The van der Waals surface area contributed by atoms with Crippen LogP contribution in [-0.4, -0.2) is 28.5 Å². The highest BCUT2D eigenvalue weighted by Gasteiger charge is 2.12. The quantitative estimate of drug-likeness (QED) is 0.805. The third-order valence-electron chi connectivity index (χ3n) is 2.36. The van der Waals surface area contributed by atoms with Gasteiger partial charge in [-0.15, -0.1) is 0 Å². The molecule has 1 unspecified atom stereocenters. The number of aryl methyl sites for hydroxylation is 1. The number of nitrogens with one attached hydrogen (secondary N) is 1. The highest BCUT2D eigenvalue weighted by molar-refractivity contribution is 5.93. The lowest BCUT2D eigenvalue weighted by Crippen LogP contribution is -2.30. The third kappa shape index (κ3) is 4.22. The summed E-state index contributed by atoms with van der Waals surface area (Å²) in [6.45, 7) is 3.92. The van der Waals surface area contributed by atoms with Crippen molar-refractivity contribution in [2.75, 3.05) is 6.54 Å². The summed E-state index contributed by atoms with van der Waals surface area (Å²) in [5.74, 6) is -1.22. The molecule has 0 spiro atoms. The Kier molecular flexibility index (Phi) is 4.63. The Morgan fingerprint density at radius 1 is 1.53 bits per heavy atom. The van der Waals surface area contributed by atoms with Crippen LogP contribution in [0.15, 0.2) is 18.3 Å². The van der Waals surface area contributed by atoms with Crippen molar-refractivity contribution in [2.24, 2.45) is 5.92 Å². The van der Waals surface area contributed by atoms with Crippen molar-refractivity contribution in [3.05, 3.63) is 29.6 Å². The van der Waals surface area contributed by atoms with E-state index >= 15 is 0 Å². The number of carboxylic acid groups (broad SMARTS) is 1. The average molecular weight is 236 g/mol. The fourth-order valence-corrected chi connectivity index (χ4v) is 1.44. The Morgan fingerprint density at radius 2 is 2.24 bits per heavy atom. The van der Waals surface area contributed by atoms with Gasteiger partial charge >= 0.3 is 5.97 Å². The van der Waals surface area contributed by atoms with E-state index in [4.69, 9.17) is 5.11 Å². The van der Waals surface area contributed by atoms with Crippen LogP contribution in [0.5, 0.6) is 0 Å². The summed E-state index contributed by atoms with van der Waals surface area (Å²) in [4.78, 5) is 26.2. The van der Waals surface area contributed by atoms with Gasteiger partial charge in [0, 0.05) is 19.2 Å². The Hall–Kier alpha value is -1.91. The zero-order chi connectivity index (χ0) is 12.8. The van der Waals surface area contributed by atoms with Gasteiger partial charge in [0.25, 0.3) is 5.91 Å². The maximum atomic E-state index is 11.7. The molecule has 0 aromatic carbocycles. The third-order valence-corrected chi connectivity index (χ3v) is 2.36. The van der Waals surface area contributed by atoms with E-state index in [1.165, 1.54) is 0 Å². The van der Waals surface area contributed by atoms with E-state index in [0.717, 1.165) is 5.56 Å². The van der Waals surface area contributed by atoms with E-state index in [1.807, 2.05) is 13.0 Å². The molecule has 1 heterocycles. The van der Waals surface area contributed by atoms with Crippen molar-refractivity contribution in [1.82, 2.24) is 10.3 Å². The van der Waals surface area contributed by atoms with Gasteiger partial charge in [-0.05, 0) is 24.5 Å². The number of nitrogens with zero attached hydrogens (tertiary/aromatic N) is 1. The lowest BCUT2D eigenvalue weighted by atomic mass is 10.1. The minimum absolute atomic E-state index is 0.0431. The molecule has 5 heteroatoms. The molecule has 1 aromatic heterocycles. The van der Waals surface area contributed by atoms with E-state index in [-0.39, 0.29) is 18.2 Å². The number of amides is 1. The van der Waals surface area contributed by atoms with Gasteiger partial charge in [0.2, 0.25) is 0 Å². The minimum atomic E-state index is -0.860. The Labute approximate surface area is 99.9 Å². The van der Waals surface area contributed by atoms with Gasteiger partial charge in [0.1, 0.15) is 5.69 Å². The van der Waals surface area contributed by atoms with Crippen molar-refractivity contribution in [1.29, 1.82) is 0 Å². The van der Waals surface area contributed by atoms with Crippen LogP contribution in [0.2, 0.25) is 0 Å². The summed E-state index contributed by atoms with van der Waals surface area (Å²) in [5, 5.41) is 11.3. The topological polar surface area (TPSA) is 79.3 Å². The SMILES string of the molecule is Cc1cccnc1C(=O)NCC(C)CC(=O)O. The number of carbonyl (C=O) groups is 2. The fraction of sp³-hybridized carbons (Fsp3) is 0.417. The summed E-state index contributed by atoms with van der Waals surface area (Å²) in [5.41, 5.74) is 1.19. The summed E-state index contributed by atoms with van der Waals surface area (Å²) < 4.78 is 0. The van der Waals surface area contributed by atoms with E-state index < -0.39 is 5.97 Å². The maximum absolute atomic E-state index is 11.7. The molecule has 1 atom stereocenters. The molecule has 17 heavy (non-hydrogen) atoms. The molecule has 1 amide bonds. The van der Waals surface area contributed by atoms with Crippen LogP contribution in [0.25, 0.3) is 0 Å². The lowest BCUT2D eigenvalue weighted by molar-refractivity contribution is -0.137. The number of aliphatic carboxylic acids is 1. The van der Waals surface area contributed by atoms with E-state index in [1.54, 1.807) is 19.2 Å². The molecule has 0 radical (unpaired) electrons. The molecule has 0 saturated carbocycles. The predicted octanol–water partition coefficient (Wildman–Crippen LogP) is 1.23. The molecule has 0 aliphatic heterocycles. The van der Waals surface area contributed by atoms with Gasteiger partial charge in [0.15, 0.2) is 0 Å². The second-order valence-electron chi connectivity index (χ2n) is 4.08. The molecule has 0 aliphatic carbocycles. The van der Waals surface area contributed by atoms with Crippen LogP contribution < -0.4 is 5.32 Å². The largest absolute Gasteiger partial charge is 0.481 e. The van der Waals surface area contributed by atoms with Gasteiger partial charge < -0.3 is 10.4 Å². The molecule has 0 fully saturated rings. The molecule has 1 aromatic rings. The molecular formula is C12H16N2O3. The number of rotatable bonds is 5. The predicted molar refractivity (Wildman–Crippen MR) is 62.7 cm³/mol. The first kappa shape index (κ1) is 13.2. The van der Waals surface area contributed by atoms with Crippen LogP contribution in [0.4, 0.5) is 0 Å². The molecule has 2 N–H and O–H groups in total. The average Bonchev–Trinajstić information content (AvgIpc) is 2.25. The molecule has 0 saturated heterocycles. The minimum Gasteiger partial charge on any atom is -0.481 e. The van der Waals surface area contributed by atoms with Gasteiger partial charge in [-0.2, -0.15) is 0 Å². The summed E-state index contributed by atoms with van der Waals surface area (Å²) >= 11 is 0. The van der Waals surface area contributed by atoms with Crippen molar-refractivity contribution in [2.45, 2.75) is 20.3 Å². The van der Waals surface area contributed by atoms with Gasteiger partial charge in [-0.3, -0.25) is 14.6 Å². The molecule has 5 nitrogen and oxygen atoms in total. The van der Waals surface area contributed by atoms with Crippen LogP contribution in [0, 0.1) is 12.8 Å². The number of pyridine rings is 1. The van der Waals surface area contributed by atoms with Crippen LogP contribution in [0.1, 0.15) is 29.4 Å². The van der Waals surface area contributed by atoms with Gasteiger partial charge in [-0.1, -0.05) is 13.0 Å². The second-order valence-corrected chi connectivity index (χ2v) is 4.08. The monoisotopic (exact) mass is 236 g/mol. The number of carboxylic acids is 1. The zero-order valence-corrected chi connectivity index (χ0v) is 9.93. The lowest BCUT2D eigenvalue weighted by Gasteiger charge is -2.10. The van der Waals surface area contributed by atoms with E-state index in [9.17, 15) is 9.59 Å². The normalized spacial score (nSPS) is 11.9.